The van der Waals surface area contributed by atoms with Crippen LogP contribution in [0.4, 0.5) is 4.79 Å². The van der Waals surface area contributed by atoms with Gasteiger partial charge in [-0.2, -0.15) is 5.10 Å². The quantitative estimate of drug-likeness (QED) is 0.823. The fourth-order valence-electron chi connectivity index (χ4n) is 4.58. The Kier molecular flexibility index (Phi) is 5.82. The van der Waals surface area contributed by atoms with Crippen molar-refractivity contribution in [2.24, 2.45) is 5.41 Å². The number of likely N-dealkylation sites (N-methyl/N-ethyl adjacent to an activating group) is 2. The Bertz CT molecular complexity index is 649. The second-order valence-electron chi connectivity index (χ2n) is 9.25. The molecule has 1 aromatic rings. The Balaban J connectivity index is 1.54. The number of aromatic nitrogens is 2. The molecule has 1 saturated heterocycles. The maximum Gasteiger partial charge on any atom is 0.407 e. The van der Waals surface area contributed by atoms with E-state index in [0.717, 1.165) is 38.8 Å². The Hall–Kier alpha value is -1.60. The minimum Gasteiger partial charge on any atom is -0.465 e. The lowest BCUT2D eigenvalue weighted by atomic mass is 9.75. The summed E-state index contributed by atoms with van der Waals surface area (Å²) in [6, 6.07) is 2.51. The van der Waals surface area contributed by atoms with Gasteiger partial charge in [-0.05, 0) is 50.6 Å². The summed E-state index contributed by atoms with van der Waals surface area (Å²) < 4.78 is 8.43. The molecule has 7 nitrogen and oxygen atoms in total. The molecule has 1 aliphatic heterocycles. The molecule has 2 fully saturated rings. The van der Waals surface area contributed by atoms with Crippen molar-refractivity contribution >= 4 is 6.09 Å². The Morgan fingerprint density at radius 3 is 2.63 bits per heavy atom. The summed E-state index contributed by atoms with van der Waals surface area (Å²) in [7, 11) is 3.63. The molecule has 0 bridgehead atoms. The highest BCUT2D eigenvalue weighted by Crippen LogP contribution is 2.48. The van der Waals surface area contributed by atoms with E-state index in [4.69, 9.17) is 9.84 Å². The lowest BCUT2D eigenvalue weighted by molar-refractivity contribution is -0.0354. The van der Waals surface area contributed by atoms with Gasteiger partial charge in [0, 0.05) is 32.9 Å². The van der Waals surface area contributed by atoms with Gasteiger partial charge >= 0.3 is 6.09 Å². The molecule has 2 heterocycles. The van der Waals surface area contributed by atoms with E-state index < -0.39 is 6.09 Å². The fraction of sp³-hybridized carbons (Fsp3) is 0.800. The summed E-state index contributed by atoms with van der Waals surface area (Å²) in [5.41, 5.74) is 1.59. The smallest absolute Gasteiger partial charge is 0.407 e. The van der Waals surface area contributed by atoms with E-state index in [0.29, 0.717) is 24.5 Å². The van der Waals surface area contributed by atoms with Gasteiger partial charge in [-0.3, -0.25) is 9.58 Å². The van der Waals surface area contributed by atoms with Crippen molar-refractivity contribution < 1.29 is 14.6 Å². The molecule has 1 amide bonds. The molecule has 1 saturated carbocycles. The van der Waals surface area contributed by atoms with E-state index in [1.54, 1.807) is 7.05 Å². The van der Waals surface area contributed by atoms with Crippen LogP contribution in [0.5, 0.6) is 0 Å². The standard InChI is InChI=1S/C20H34N4O3/c1-19(2)14-20(27-15-19)8-5-16(6-9-20)24-17(7-10-21-24)13-22(3)11-12-23(4)18(25)26/h7,10,16H,5-6,8-9,11-15H2,1-4H3,(H,25,26)/t16-,20-. The van der Waals surface area contributed by atoms with Crippen molar-refractivity contribution in [1.29, 1.82) is 0 Å². The normalized spacial score (nSPS) is 27.4. The summed E-state index contributed by atoms with van der Waals surface area (Å²) in [6.07, 6.45) is 6.60. The Labute approximate surface area is 162 Å². The van der Waals surface area contributed by atoms with E-state index >= 15 is 0 Å². The number of nitrogens with zero attached hydrogens (tertiary/aromatic N) is 4. The fourth-order valence-corrected chi connectivity index (χ4v) is 4.58. The molecule has 0 unspecified atom stereocenters. The first kappa shape index (κ1) is 20.1. The Morgan fingerprint density at radius 2 is 2.04 bits per heavy atom. The summed E-state index contributed by atoms with van der Waals surface area (Å²) in [5.74, 6) is 0. The van der Waals surface area contributed by atoms with Crippen LogP contribution in [0.3, 0.4) is 0 Å². The molecule has 0 atom stereocenters. The predicted molar refractivity (Wildman–Crippen MR) is 104 cm³/mol. The molecular weight excluding hydrogens is 344 g/mol. The van der Waals surface area contributed by atoms with Crippen LogP contribution in [0.25, 0.3) is 0 Å². The first-order chi connectivity index (χ1) is 12.7. The number of hydrogen-bond acceptors (Lipinski definition) is 4. The van der Waals surface area contributed by atoms with E-state index in [2.05, 4.69) is 34.6 Å². The van der Waals surface area contributed by atoms with Gasteiger partial charge in [0.15, 0.2) is 0 Å². The number of amides is 1. The van der Waals surface area contributed by atoms with Crippen LogP contribution in [0.2, 0.25) is 0 Å². The van der Waals surface area contributed by atoms with Crippen LogP contribution < -0.4 is 0 Å². The minimum atomic E-state index is -0.887. The molecule has 1 aromatic heterocycles. The van der Waals surface area contributed by atoms with E-state index in [9.17, 15) is 4.79 Å². The number of carbonyl (C=O) groups is 1. The number of rotatable bonds is 6. The predicted octanol–water partition coefficient (Wildman–Crippen LogP) is 3.23. The van der Waals surface area contributed by atoms with Gasteiger partial charge in [-0.25, -0.2) is 4.79 Å². The monoisotopic (exact) mass is 378 g/mol. The van der Waals surface area contributed by atoms with Crippen LogP contribution in [0.1, 0.15) is 57.7 Å². The number of hydrogen-bond donors (Lipinski definition) is 1. The zero-order valence-corrected chi connectivity index (χ0v) is 17.1. The molecule has 7 heteroatoms. The summed E-state index contributed by atoms with van der Waals surface area (Å²) in [4.78, 5) is 14.4. The molecule has 1 N–H and O–H groups in total. The SMILES string of the molecule is CN(CCN(C)C(=O)O)Cc1ccnn1[C@H]1CC[C@]2(CC1)CC(C)(C)CO2. The maximum absolute atomic E-state index is 10.9. The van der Waals surface area contributed by atoms with Gasteiger partial charge in [-0.15, -0.1) is 0 Å². The van der Waals surface area contributed by atoms with E-state index in [1.807, 2.05) is 13.2 Å². The second-order valence-corrected chi connectivity index (χ2v) is 9.25. The molecule has 2 aliphatic rings. The lowest BCUT2D eigenvalue weighted by Crippen LogP contribution is -2.36. The zero-order chi connectivity index (χ0) is 19.7. The van der Waals surface area contributed by atoms with Crippen molar-refractivity contribution in [3.05, 3.63) is 18.0 Å². The third kappa shape index (κ3) is 4.82. The highest BCUT2D eigenvalue weighted by Gasteiger charge is 2.46. The van der Waals surface area contributed by atoms with Gasteiger partial charge in [-0.1, -0.05) is 13.8 Å². The third-order valence-corrected chi connectivity index (χ3v) is 6.11. The topological polar surface area (TPSA) is 70.8 Å². The first-order valence-electron chi connectivity index (χ1n) is 9.99. The molecule has 1 aliphatic carbocycles. The van der Waals surface area contributed by atoms with Crippen LogP contribution in [0.15, 0.2) is 12.3 Å². The maximum atomic E-state index is 10.9. The Morgan fingerprint density at radius 1 is 1.33 bits per heavy atom. The van der Waals surface area contributed by atoms with Gasteiger partial charge in [0.05, 0.1) is 23.9 Å². The van der Waals surface area contributed by atoms with Crippen molar-refractivity contribution in [3.63, 3.8) is 0 Å². The average Bonchev–Trinajstić information content (AvgIpc) is 3.18. The van der Waals surface area contributed by atoms with Gasteiger partial charge < -0.3 is 14.7 Å². The lowest BCUT2D eigenvalue weighted by Gasteiger charge is -2.37. The van der Waals surface area contributed by atoms with Crippen LogP contribution in [-0.4, -0.2) is 70.2 Å². The van der Waals surface area contributed by atoms with E-state index in [1.165, 1.54) is 17.0 Å². The second kappa shape index (κ2) is 7.80. The summed E-state index contributed by atoms with van der Waals surface area (Å²) in [6.45, 7) is 7.46. The van der Waals surface area contributed by atoms with Gasteiger partial charge in [0.1, 0.15) is 0 Å². The minimum absolute atomic E-state index is 0.0888. The molecule has 0 aromatic carbocycles. The van der Waals surface area contributed by atoms with Crippen LogP contribution in [-0.2, 0) is 11.3 Å². The molecule has 27 heavy (non-hydrogen) atoms. The van der Waals surface area contributed by atoms with E-state index in [-0.39, 0.29) is 5.60 Å². The first-order valence-corrected chi connectivity index (χ1v) is 9.99. The van der Waals surface area contributed by atoms with Crippen molar-refractivity contribution in [1.82, 2.24) is 19.6 Å². The molecular formula is C20H34N4O3. The molecule has 152 valence electrons. The third-order valence-electron chi connectivity index (χ3n) is 6.11. The highest BCUT2D eigenvalue weighted by molar-refractivity contribution is 5.64. The van der Waals surface area contributed by atoms with Gasteiger partial charge in [0.2, 0.25) is 0 Å². The summed E-state index contributed by atoms with van der Waals surface area (Å²) in [5, 5.41) is 13.6. The van der Waals surface area contributed by atoms with Crippen LogP contribution >= 0.6 is 0 Å². The molecule has 1 spiro atoms. The zero-order valence-electron chi connectivity index (χ0n) is 17.1. The highest BCUT2D eigenvalue weighted by atomic mass is 16.5. The molecule has 0 radical (unpaired) electrons. The number of ether oxygens (including phenoxy) is 1. The van der Waals surface area contributed by atoms with Crippen molar-refractivity contribution in [2.75, 3.05) is 33.8 Å². The summed E-state index contributed by atoms with van der Waals surface area (Å²) >= 11 is 0. The average molecular weight is 379 g/mol. The van der Waals surface area contributed by atoms with Crippen molar-refractivity contribution in [2.45, 2.75) is 64.1 Å². The number of carboxylic acid groups (broad SMARTS) is 1. The van der Waals surface area contributed by atoms with Gasteiger partial charge in [0.25, 0.3) is 0 Å². The van der Waals surface area contributed by atoms with Crippen LogP contribution in [0, 0.1) is 5.41 Å². The largest absolute Gasteiger partial charge is 0.465 e. The van der Waals surface area contributed by atoms with Crippen molar-refractivity contribution in [3.8, 4) is 0 Å². The molecule has 3 rings (SSSR count).